The normalized spacial score (nSPS) is 21.9. The fraction of sp³-hybridized carbons (Fsp3) is 0.737. The lowest BCUT2D eigenvalue weighted by Gasteiger charge is -2.37. The molecule has 0 atom stereocenters. The number of piperidine rings is 1. The molecule has 23 heavy (non-hydrogen) atoms. The van der Waals surface area contributed by atoms with Crippen molar-refractivity contribution >= 4 is 17.2 Å². The van der Waals surface area contributed by atoms with E-state index in [1.807, 2.05) is 11.3 Å². The third-order valence-corrected chi connectivity index (χ3v) is 6.83. The summed E-state index contributed by atoms with van der Waals surface area (Å²) in [7, 11) is 0. The van der Waals surface area contributed by atoms with Gasteiger partial charge in [0.05, 0.1) is 0 Å². The highest BCUT2D eigenvalue weighted by Gasteiger charge is 2.35. The number of carbonyl (C=O) groups excluding carboxylic acids is 1. The van der Waals surface area contributed by atoms with Crippen LogP contribution in [0.15, 0.2) is 17.5 Å². The standard InChI is InChI=1S/C19H30N2OS/c22-18(7-6-16-8-12-20-13-9-16)21-15-19(10-2-1-3-11-19)17-5-4-14-23-17/h4-5,14,16,20H,1-3,6-13,15H2,(H,21,22). The van der Waals surface area contributed by atoms with Crippen molar-refractivity contribution < 1.29 is 4.79 Å². The number of thiophene rings is 1. The molecule has 0 bridgehead atoms. The zero-order valence-electron chi connectivity index (χ0n) is 14.1. The van der Waals surface area contributed by atoms with Crippen LogP contribution in [0.3, 0.4) is 0 Å². The molecule has 0 aromatic carbocycles. The van der Waals surface area contributed by atoms with E-state index in [2.05, 4.69) is 28.1 Å². The van der Waals surface area contributed by atoms with Crippen molar-refractivity contribution in [3.8, 4) is 0 Å². The molecule has 2 aliphatic rings. The van der Waals surface area contributed by atoms with E-state index in [1.54, 1.807) is 0 Å². The molecule has 128 valence electrons. The van der Waals surface area contributed by atoms with Crippen LogP contribution in [0.4, 0.5) is 0 Å². The number of rotatable bonds is 6. The topological polar surface area (TPSA) is 41.1 Å². The van der Waals surface area contributed by atoms with Crippen LogP contribution in [-0.2, 0) is 10.2 Å². The van der Waals surface area contributed by atoms with Crippen molar-refractivity contribution in [3.63, 3.8) is 0 Å². The number of hydrogen-bond donors (Lipinski definition) is 2. The van der Waals surface area contributed by atoms with Crippen molar-refractivity contribution in [2.24, 2.45) is 5.92 Å². The first kappa shape index (κ1) is 17.0. The predicted octanol–water partition coefficient (Wildman–Crippen LogP) is 3.85. The smallest absolute Gasteiger partial charge is 0.220 e. The molecule has 1 aliphatic heterocycles. The number of nitrogens with one attached hydrogen (secondary N) is 2. The van der Waals surface area contributed by atoms with Crippen molar-refractivity contribution in [1.29, 1.82) is 0 Å². The highest BCUT2D eigenvalue weighted by Crippen LogP contribution is 2.41. The molecule has 4 heteroatoms. The van der Waals surface area contributed by atoms with E-state index in [0.29, 0.717) is 6.42 Å². The van der Waals surface area contributed by atoms with Gasteiger partial charge in [-0.25, -0.2) is 0 Å². The summed E-state index contributed by atoms with van der Waals surface area (Å²) in [6.07, 6.45) is 10.6. The van der Waals surface area contributed by atoms with Gasteiger partial charge in [0.25, 0.3) is 0 Å². The summed E-state index contributed by atoms with van der Waals surface area (Å²) in [5, 5.41) is 8.84. The highest BCUT2D eigenvalue weighted by atomic mass is 32.1. The summed E-state index contributed by atoms with van der Waals surface area (Å²) < 4.78 is 0. The summed E-state index contributed by atoms with van der Waals surface area (Å²) >= 11 is 1.86. The molecule has 1 aromatic rings. The van der Waals surface area contributed by atoms with Crippen LogP contribution in [0.25, 0.3) is 0 Å². The third-order valence-electron chi connectivity index (χ3n) is 5.72. The highest BCUT2D eigenvalue weighted by molar-refractivity contribution is 7.10. The Morgan fingerprint density at radius 3 is 2.74 bits per heavy atom. The second kappa shape index (κ2) is 8.29. The second-order valence-electron chi connectivity index (χ2n) is 7.33. The van der Waals surface area contributed by atoms with Crippen LogP contribution in [0.5, 0.6) is 0 Å². The summed E-state index contributed by atoms with van der Waals surface area (Å²) in [5.41, 5.74) is 0.205. The van der Waals surface area contributed by atoms with Crippen LogP contribution in [0.1, 0.15) is 62.7 Å². The molecule has 1 amide bonds. The van der Waals surface area contributed by atoms with Crippen LogP contribution >= 0.6 is 11.3 Å². The lowest BCUT2D eigenvalue weighted by Crippen LogP contribution is -2.41. The van der Waals surface area contributed by atoms with Gasteiger partial charge in [0.2, 0.25) is 5.91 Å². The molecule has 2 heterocycles. The van der Waals surface area contributed by atoms with Crippen LogP contribution in [0, 0.1) is 5.92 Å². The molecule has 1 saturated heterocycles. The van der Waals surface area contributed by atoms with Gasteiger partial charge in [0, 0.05) is 23.3 Å². The molecule has 2 N–H and O–H groups in total. The van der Waals surface area contributed by atoms with E-state index in [4.69, 9.17) is 0 Å². The van der Waals surface area contributed by atoms with E-state index in [-0.39, 0.29) is 11.3 Å². The molecule has 2 fully saturated rings. The molecule has 3 nitrogen and oxygen atoms in total. The van der Waals surface area contributed by atoms with Gasteiger partial charge in [0.1, 0.15) is 0 Å². The van der Waals surface area contributed by atoms with Crippen LogP contribution in [-0.4, -0.2) is 25.5 Å². The fourth-order valence-corrected chi connectivity index (χ4v) is 5.17. The Bertz CT molecular complexity index is 474. The van der Waals surface area contributed by atoms with Gasteiger partial charge in [-0.3, -0.25) is 4.79 Å². The average molecular weight is 335 g/mol. The summed E-state index contributed by atoms with van der Waals surface area (Å²) in [4.78, 5) is 13.8. The van der Waals surface area contributed by atoms with Crippen LogP contribution in [0.2, 0.25) is 0 Å². The van der Waals surface area contributed by atoms with Crippen LogP contribution < -0.4 is 10.6 Å². The Balaban J connectivity index is 1.49. The molecule has 0 spiro atoms. The first-order chi connectivity index (χ1) is 11.3. The monoisotopic (exact) mass is 334 g/mol. The molecule has 0 radical (unpaired) electrons. The zero-order chi connectivity index (χ0) is 16.0. The van der Waals surface area contributed by atoms with E-state index >= 15 is 0 Å². The maximum Gasteiger partial charge on any atom is 0.220 e. The summed E-state index contributed by atoms with van der Waals surface area (Å²) in [5.74, 6) is 0.993. The first-order valence-electron chi connectivity index (χ1n) is 9.30. The largest absolute Gasteiger partial charge is 0.355 e. The Labute approximate surface area is 144 Å². The lowest BCUT2D eigenvalue weighted by molar-refractivity contribution is -0.121. The third kappa shape index (κ3) is 4.57. The van der Waals surface area contributed by atoms with Crippen molar-refractivity contribution in [1.82, 2.24) is 10.6 Å². The molecule has 1 saturated carbocycles. The predicted molar refractivity (Wildman–Crippen MR) is 96.9 cm³/mol. The van der Waals surface area contributed by atoms with Gasteiger partial charge in [0.15, 0.2) is 0 Å². The van der Waals surface area contributed by atoms with Gasteiger partial charge in [-0.2, -0.15) is 0 Å². The summed E-state index contributed by atoms with van der Waals surface area (Å²) in [6, 6.07) is 4.41. The number of carbonyl (C=O) groups is 1. The molecular weight excluding hydrogens is 304 g/mol. The molecule has 1 aliphatic carbocycles. The van der Waals surface area contributed by atoms with Gasteiger partial charge < -0.3 is 10.6 Å². The Morgan fingerprint density at radius 2 is 2.04 bits per heavy atom. The quantitative estimate of drug-likeness (QED) is 0.830. The van der Waals surface area contributed by atoms with Gasteiger partial charge in [-0.1, -0.05) is 25.3 Å². The Hall–Kier alpha value is -0.870. The van der Waals surface area contributed by atoms with E-state index in [0.717, 1.165) is 32.0 Å². The summed E-state index contributed by atoms with van der Waals surface area (Å²) in [6.45, 7) is 3.07. The van der Waals surface area contributed by atoms with Crippen molar-refractivity contribution in [3.05, 3.63) is 22.4 Å². The van der Waals surface area contributed by atoms with E-state index in [9.17, 15) is 4.79 Å². The Morgan fingerprint density at radius 1 is 1.26 bits per heavy atom. The number of amides is 1. The minimum atomic E-state index is 0.205. The van der Waals surface area contributed by atoms with Crippen molar-refractivity contribution in [2.45, 2.75) is 63.2 Å². The lowest BCUT2D eigenvalue weighted by atomic mass is 9.73. The van der Waals surface area contributed by atoms with Gasteiger partial charge >= 0.3 is 0 Å². The fourth-order valence-electron chi connectivity index (χ4n) is 4.18. The minimum Gasteiger partial charge on any atom is -0.355 e. The molecule has 1 aromatic heterocycles. The first-order valence-corrected chi connectivity index (χ1v) is 10.2. The Kier molecular flexibility index (Phi) is 6.12. The second-order valence-corrected chi connectivity index (χ2v) is 8.27. The zero-order valence-corrected chi connectivity index (χ0v) is 14.9. The maximum absolute atomic E-state index is 12.3. The van der Waals surface area contributed by atoms with E-state index < -0.39 is 0 Å². The minimum absolute atomic E-state index is 0.205. The number of hydrogen-bond acceptors (Lipinski definition) is 3. The van der Waals surface area contributed by atoms with Gasteiger partial charge in [-0.15, -0.1) is 11.3 Å². The molecular formula is C19H30N2OS. The molecule has 0 unspecified atom stereocenters. The van der Waals surface area contributed by atoms with E-state index in [1.165, 1.54) is 49.8 Å². The average Bonchev–Trinajstić information content (AvgIpc) is 3.15. The van der Waals surface area contributed by atoms with Crippen molar-refractivity contribution in [2.75, 3.05) is 19.6 Å². The maximum atomic E-state index is 12.3. The SMILES string of the molecule is O=C(CCC1CCNCC1)NCC1(c2cccs2)CCCCC1. The molecule has 3 rings (SSSR count). The van der Waals surface area contributed by atoms with Gasteiger partial charge in [-0.05, 0) is 62.6 Å².